The molecule has 1 N–H and O–H groups in total. The first-order valence-corrected chi connectivity index (χ1v) is 7.58. The van der Waals surface area contributed by atoms with Gasteiger partial charge >= 0.3 is 0 Å². The molecule has 0 unspecified atom stereocenters. The van der Waals surface area contributed by atoms with Crippen molar-refractivity contribution < 1.29 is 14.8 Å². The SMILES string of the molecule is CCC1(CO)CCN(C(=O)c2cccc(C)c2[N+](=O)[O-])CC1. The molecule has 1 aromatic carbocycles. The lowest BCUT2D eigenvalue weighted by Crippen LogP contribution is -2.44. The normalized spacial score (nSPS) is 17.3. The number of aliphatic hydroxyl groups excluding tert-OH is 1. The number of nitro groups is 1. The quantitative estimate of drug-likeness (QED) is 0.684. The fraction of sp³-hybridized carbons (Fsp3) is 0.562. The molecular formula is C16H22N2O4. The lowest BCUT2D eigenvalue weighted by Gasteiger charge is -2.40. The van der Waals surface area contributed by atoms with Gasteiger partial charge in [0.2, 0.25) is 0 Å². The largest absolute Gasteiger partial charge is 0.396 e. The Morgan fingerprint density at radius 2 is 2.05 bits per heavy atom. The Morgan fingerprint density at radius 3 is 2.55 bits per heavy atom. The van der Waals surface area contributed by atoms with Crippen molar-refractivity contribution in [1.82, 2.24) is 4.90 Å². The molecule has 2 rings (SSSR count). The number of rotatable bonds is 4. The number of nitrogens with zero attached hydrogens (tertiary/aromatic N) is 2. The van der Waals surface area contributed by atoms with Crippen LogP contribution in [0.5, 0.6) is 0 Å². The van der Waals surface area contributed by atoms with Gasteiger partial charge in [-0.1, -0.05) is 19.1 Å². The highest BCUT2D eigenvalue weighted by Crippen LogP contribution is 2.35. The van der Waals surface area contributed by atoms with Gasteiger partial charge in [0.25, 0.3) is 11.6 Å². The zero-order chi connectivity index (χ0) is 16.3. The van der Waals surface area contributed by atoms with Crippen molar-refractivity contribution in [1.29, 1.82) is 0 Å². The molecule has 0 aliphatic carbocycles. The molecule has 120 valence electrons. The van der Waals surface area contributed by atoms with Crippen LogP contribution in [0, 0.1) is 22.5 Å². The van der Waals surface area contributed by atoms with E-state index in [1.807, 2.05) is 6.92 Å². The molecule has 1 aliphatic heterocycles. The number of aryl methyl sites for hydroxylation is 1. The summed E-state index contributed by atoms with van der Waals surface area (Å²) in [5.41, 5.74) is 0.418. The molecule has 0 aromatic heterocycles. The topological polar surface area (TPSA) is 83.7 Å². The number of para-hydroxylation sites is 1. The molecule has 1 amide bonds. The Kier molecular flexibility index (Phi) is 4.81. The van der Waals surface area contributed by atoms with Gasteiger partial charge in [-0.3, -0.25) is 14.9 Å². The summed E-state index contributed by atoms with van der Waals surface area (Å²) in [5.74, 6) is -0.293. The second kappa shape index (κ2) is 6.44. The minimum absolute atomic E-state index is 0.109. The average Bonchev–Trinajstić information content (AvgIpc) is 2.53. The minimum atomic E-state index is -0.490. The van der Waals surface area contributed by atoms with Crippen LogP contribution in [-0.4, -0.2) is 40.5 Å². The first-order chi connectivity index (χ1) is 10.4. The highest BCUT2D eigenvalue weighted by Gasteiger charge is 2.35. The van der Waals surface area contributed by atoms with Crippen molar-refractivity contribution in [2.24, 2.45) is 5.41 Å². The maximum Gasteiger partial charge on any atom is 0.285 e. The van der Waals surface area contributed by atoms with Gasteiger partial charge in [0.05, 0.1) is 4.92 Å². The van der Waals surface area contributed by atoms with Crippen LogP contribution >= 0.6 is 0 Å². The third-order valence-corrected chi connectivity index (χ3v) is 4.85. The Balaban J connectivity index is 2.21. The number of amides is 1. The first-order valence-electron chi connectivity index (χ1n) is 7.58. The monoisotopic (exact) mass is 306 g/mol. The molecule has 1 fully saturated rings. The predicted octanol–water partition coefficient (Wildman–Crippen LogP) is 2.53. The molecule has 6 nitrogen and oxygen atoms in total. The standard InChI is InChI=1S/C16H22N2O4/c1-3-16(11-19)7-9-17(10-8-16)15(20)13-6-4-5-12(2)14(13)18(21)22/h4-6,19H,3,7-11H2,1-2H3. The van der Waals surface area contributed by atoms with Crippen LogP contribution in [0.2, 0.25) is 0 Å². The Hall–Kier alpha value is -1.95. The Bertz CT molecular complexity index is 572. The van der Waals surface area contributed by atoms with E-state index in [9.17, 15) is 20.0 Å². The minimum Gasteiger partial charge on any atom is -0.396 e. The average molecular weight is 306 g/mol. The van der Waals surface area contributed by atoms with E-state index < -0.39 is 4.92 Å². The summed E-state index contributed by atoms with van der Waals surface area (Å²) in [5, 5.41) is 20.8. The lowest BCUT2D eigenvalue weighted by atomic mass is 9.77. The molecule has 0 radical (unpaired) electrons. The van der Waals surface area contributed by atoms with Gasteiger partial charge in [-0.25, -0.2) is 0 Å². The zero-order valence-electron chi connectivity index (χ0n) is 13.0. The summed E-state index contributed by atoms with van der Waals surface area (Å²) in [4.78, 5) is 25.0. The highest BCUT2D eigenvalue weighted by atomic mass is 16.6. The summed E-state index contributed by atoms with van der Waals surface area (Å²) >= 11 is 0. The van der Waals surface area contributed by atoms with E-state index in [4.69, 9.17) is 0 Å². The summed E-state index contributed by atoms with van der Waals surface area (Å²) < 4.78 is 0. The van der Waals surface area contributed by atoms with Crippen molar-refractivity contribution in [3.8, 4) is 0 Å². The second-order valence-electron chi connectivity index (χ2n) is 6.03. The Morgan fingerprint density at radius 1 is 1.41 bits per heavy atom. The molecule has 22 heavy (non-hydrogen) atoms. The second-order valence-corrected chi connectivity index (χ2v) is 6.03. The van der Waals surface area contributed by atoms with E-state index in [2.05, 4.69) is 0 Å². The summed E-state index contributed by atoms with van der Waals surface area (Å²) in [7, 11) is 0. The molecule has 0 bridgehead atoms. The van der Waals surface area contributed by atoms with Gasteiger partial charge in [-0.15, -0.1) is 0 Å². The van der Waals surface area contributed by atoms with Crippen LogP contribution in [0.4, 0.5) is 5.69 Å². The molecule has 0 atom stereocenters. The first kappa shape index (κ1) is 16.4. The van der Waals surface area contributed by atoms with Gasteiger partial charge in [-0.2, -0.15) is 0 Å². The molecule has 1 saturated heterocycles. The van der Waals surface area contributed by atoms with Crippen molar-refractivity contribution >= 4 is 11.6 Å². The molecule has 1 aliphatic rings. The van der Waals surface area contributed by atoms with Crippen molar-refractivity contribution in [2.45, 2.75) is 33.1 Å². The van der Waals surface area contributed by atoms with Crippen LogP contribution < -0.4 is 0 Å². The summed E-state index contributed by atoms with van der Waals surface area (Å²) in [6, 6.07) is 4.82. The number of likely N-dealkylation sites (tertiary alicyclic amines) is 1. The van der Waals surface area contributed by atoms with E-state index in [-0.39, 0.29) is 29.2 Å². The van der Waals surface area contributed by atoms with E-state index in [0.29, 0.717) is 18.7 Å². The zero-order valence-corrected chi connectivity index (χ0v) is 13.0. The van der Waals surface area contributed by atoms with Gasteiger partial charge in [0, 0.05) is 25.3 Å². The molecule has 0 spiro atoms. The van der Waals surface area contributed by atoms with E-state index in [1.54, 1.807) is 24.0 Å². The van der Waals surface area contributed by atoms with Crippen LogP contribution in [0.1, 0.15) is 42.1 Å². The molecule has 6 heteroatoms. The van der Waals surface area contributed by atoms with E-state index in [1.165, 1.54) is 6.07 Å². The van der Waals surface area contributed by atoms with Crippen molar-refractivity contribution in [3.63, 3.8) is 0 Å². The third-order valence-electron chi connectivity index (χ3n) is 4.85. The lowest BCUT2D eigenvalue weighted by molar-refractivity contribution is -0.385. The maximum absolute atomic E-state index is 12.6. The van der Waals surface area contributed by atoms with Crippen LogP contribution in [0.15, 0.2) is 18.2 Å². The molecule has 1 heterocycles. The maximum atomic E-state index is 12.6. The molecular weight excluding hydrogens is 284 g/mol. The van der Waals surface area contributed by atoms with Crippen LogP contribution in [0.3, 0.4) is 0 Å². The number of piperidine rings is 1. The van der Waals surface area contributed by atoms with E-state index >= 15 is 0 Å². The highest BCUT2D eigenvalue weighted by molar-refractivity contribution is 5.98. The van der Waals surface area contributed by atoms with Gasteiger partial charge in [0.15, 0.2) is 0 Å². The van der Waals surface area contributed by atoms with E-state index in [0.717, 1.165) is 19.3 Å². The number of carbonyl (C=O) groups is 1. The fourth-order valence-electron chi connectivity index (χ4n) is 3.05. The van der Waals surface area contributed by atoms with Gasteiger partial charge < -0.3 is 10.0 Å². The molecule has 1 aromatic rings. The van der Waals surface area contributed by atoms with Crippen LogP contribution in [-0.2, 0) is 0 Å². The number of aliphatic hydroxyl groups is 1. The van der Waals surface area contributed by atoms with Gasteiger partial charge in [-0.05, 0) is 37.7 Å². The number of carbonyl (C=O) groups excluding carboxylic acids is 1. The van der Waals surface area contributed by atoms with Crippen molar-refractivity contribution in [3.05, 3.63) is 39.4 Å². The van der Waals surface area contributed by atoms with Crippen LogP contribution in [0.25, 0.3) is 0 Å². The molecule has 0 saturated carbocycles. The number of hydrogen-bond acceptors (Lipinski definition) is 4. The van der Waals surface area contributed by atoms with Gasteiger partial charge in [0.1, 0.15) is 5.56 Å². The Labute approximate surface area is 129 Å². The third kappa shape index (κ3) is 2.97. The fourth-order valence-corrected chi connectivity index (χ4v) is 3.05. The number of benzene rings is 1. The number of nitro benzene ring substituents is 1. The smallest absolute Gasteiger partial charge is 0.285 e. The predicted molar refractivity (Wildman–Crippen MR) is 82.8 cm³/mol. The number of hydrogen-bond donors (Lipinski definition) is 1. The van der Waals surface area contributed by atoms with Crippen molar-refractivity contribution in [2.75, 3.05) is 19.7 Å². The summed E-state index contributed by atoms with van der Waals surface area (Å²) in [6.45, 7) is 4.85. The summed E-state index contributed by atoms with van der Waals surface area (Å²) in [6.07, 6.45) is 2.33.